The molecule has 24 heavy (non-hydrogen) atoms. The van der Waals surface area contributed by atoms with Gasteiger partial charge in [-0.2, -0.15) is 11.3 Å². The summed E-state index contributed by atoms with van der Waals surface area (Å²) >= 11 is 1.41. The van der Waals surface area contributed by atoms with Crippen molar-refractivity contribution in [2.24, 2.45) is 0 Å². The average Bonchev–Trinajstić information content (AvgIpc) is 3.14. The lowest BCUT2D eigenvalue weighted by Gasteiger charge is -2.12. The van der Waals surface area contributed by atoms with Gasteiger partial charge in [-0.15, -0.1) is 0 Å². The van der Waals surface area contributed by atoms with E-state index in [0.717, 1.165) is 12.8 Å². The molecule has 2 rings (SSSR count). The summed E-state index contributed by atoms with van der Waals surface area (Å²) in [6.07, 6.45) is 1.98. The van der Waals surface area contributed by atoms with Crippen molar-refractivity contribution < 1.29 is 19.1 Å². The van der Waals surface area contributed by atoms with Crippen LogP contribution >= 0.6 is 11.3 Å². The monoisotopic (exact) mass is 348 g/mol. The fourth-order valence-electron chi connectivity index (χ4n) is 1.91. The van der Waals surface area contributed by atoms with Crippen LogP contribution in [0, 0.1) is 0 Å². The number of methoxy groups -OCH3 is 1. The van der Waals surface area contributed by atoms with Crippen LogP contribution in [0.1, 0.15) is 40.5 Å². The lowest BCUT2D eigenvalue weighted by molar-refractivity contribution is 0.0846. The number of hydrogen-bond acceptors (Lipinski definition) is 5. The van der Waals surface area contributed by atoms with E-state index in [2.05, 4.69) is 17.8 Å². The molecule has 2 aromatic rings. The minimum Gasteiger partial charge on any atom is -0.493 e. The first-order valence-electron chi connectivity index (χ1n) is 7.59. The minimum atomic E-state index is -0.433. The number of ether oxygens (including phenoxy) is 2. The third-order valence-electron chi connectivity index (χ3n) is 3.25. The van der Waals surface area contributed by atoms with E-state index in [1.807, 2.05) is 0 Å². The Bertz CT molecular complexity index is 686. The molecule has 0 saturated heterocycles. The van der Waals surface area contributed by atoms with E-state index >= 15 is 0 Å². The van der Waals surface area contributed by atoms with E-state index in [0.29, 0.717) is 29.2 Å². The van der Waals surface area contributed by atoms with Gasteiger partial charge in [0.05, 0.1) is 19.3 Å². The van der Waals surface area contributed by atoms with Crippen LogP contribution in [0.3, 0.4) is 0 Å². The van der Waals surface area contributed by atoms with Gasteiger partial charge in [0.25, 0.3) is 11.8 Å². The maximum atomic E-state index is 12.1. The van der Waals surface area contributed by atoms with Crippen molar-refractivity contribution in [1.82, 2.24) is 10.9 Å². The molecule has 7 heteroatoms. The van der Waals surface area contributed by atoms with Crippen LogP contribution in [0.5, 0.6) is 11.5 Å². The number of benzene rings is 1. The second-order valence-corrected chi connectivity index (χ2v) is 5.77. The van der Waals surface area contributed by atoms with Crippen LogP contribution in [0.4, 0.5) is 0 Å². The Kier molecular flexibility index (Phi) is 6.62. The van der Waals surface area contributed by atoms with Gasteiger partial charge in [-0.3, -0.25) is 20.4 Å². The molecule has 6 nitrogen and oxygen atoms in total. The zero-order valence-electron chi connectivity index (χ0n) is 13.6. The minimum absolute atomic E-state index is 0.361. The van der Waals surface area contributed by atoms with Gasteiger partial charge in [0.2, 0.25) is 0 Å². The molecule has 0 fully saturated rings. The van der Waals surface area contributed by atoms with E-state index in [9.17, 15) is 9.59 Å². The van der Waals surface area contributed by atoms with Gasteiger partial charge in [0.15, 0.2) is 11.5 Å². The Labute approximate surface area is 144 Å². The third-order valence-corrected chi connectivity index (χ3v) is 3.94. The molecule has 0 radical (unpaired) electrons. The van der Waals surface area contributed by atoms with Crippen LogP contribution in [0.25, 0.3) is 0 Å². The molecule has 0 unspecified atom stereocenters. The van der Waals surface area contributed by atoms with Crippen molar-refractivity contribution in [3.63, 3.8) is 0 Å². The Morgan fingerprint density at radius 2 is 1.83 bits per heavy atom. The van der Waals surface area contributed by atoms with Crippen LogP contribution in [-0.4, -0.2) is 25.5 Å². The van der Waals surface area contributed by atoms with E-state index in [1.165, 1.54) is 18.4 Å². The van der Waals surface area contributed by atoms with Crippen LogP contribution < -0.4 is 20.3 Å². The molecule has 1 aromatic heterocycles. The zero-order chi connectivity index (χ0) is 17.4. The number of hydrogen-bond donors (Lipinski definition) is 2. The first kappa shape index (κ1) is 17.8. The summed E-state index contributed by atoms with van der Waals surface area (Å²) in [5.74, 6) is 0.265. The number of hydrazine groups is 1. The van der Waals surface area contributed by atoms with E-state index in [1.54, 1.807) is 35.0 Å². The number of thiophene rings is 1. The van der Waals surface area contributed by atoms with Gasteiger partial charge in [0, 0.05) is 10.9 Å². The molecule has 1 heterocycles. The van der Waals surface area contributed by atoms with Gasteiger partial charge in [-0.1, -0.05) is 13.3 Å². The SMILES string of the molecule is CCCCOc1ccc(C(=O)NNC(=O)c2ccsc2)cc1OC. The average molecular weight is 348 g/mol. The highest BCUT2D eigenvalue weighted by Crippen LogP contribution is 2.28. The topological polar surface area (TPSA) is 76.7 Å². The fraction of sp³-hybridized carbons (Fsp3) is 0.294. The Balaban J connectivity index is 1.97. The predicted octanol–water partition coefficient (Wildman–Crippen LogP) is 3.01. The van der Waals surface area contributed by atoms with E-state index in [-0.39, 0.29) is 5.91 Å². The number of rotatable bonds is 7. The smallest absolute Gasteiger partial charge is 0.270 e. The number of carbonyl (C=O) groups excluding carboxylic acids is 2. The number of unbranched alkanes of at least 4 members (excludes halogenated alkanes) is 1. The lowest BCUT2D eigenvalue weighted by Crippen LogP contribution is -2.41. The third kappa shape index (κ3) is 4.73. The molecule has 2 amide bonds. The second kappa shape index (κ2) is 8.93. The molecular weight excluding hydrogens is 328 g/mol. The Morgan fingerprint density at radius 1 is 1.08 bits per heavy atom. The van der Waals surface area contributed by atoms with Gasteiger partial charge < -0.3 is 9.47 Å². The Hall–Kier alpha value is -2.54. The summed E-state index contributed by atoms with van der Waals surface area (Å²) in [4.78, 5) is 23.9. The molecule has 0 aliphatic rings. The molecule has 0 aliphatic carbocycles. The molecule has 1 aromatic carbocycles. The normalized spacial score (nSPS) is 10.1. The van der Waals surface area contributed by atoms with Crippen molar-refractivity contribution in [3.8, 4) is 11.5 Å². The molecule has 0 atom stereocenters. The summed E-state index contributed by atoms with van der Waals surface area (Å²) in [5, 5.41) is 3.49. The van der Waals surface area contributed by atoms with Crippen LogP contribution in [0.15, 0.2) is 35.0 Å². The highest BCUT2D eigenvalue weighted by atomic mass is 32.1. The Morgan fingerprint density at radius 3 is 2.46 bits per heavy atom. The van der Waals surface area contributed by atoms with Crippen LogP contribution in [0.2, 0.25) is 0 Å². The number of amides is 2. The van der Waals surface area contributed by atoms with Crippen molar-refractivity contribution in [2.75, 3.05) is 13.7 Å². The van der Waals surface area contributed by atoms with Crippen molar-refractivity contribution in [2.45, 2.75) is 19.8 Å². The quantitative estimate of drug-likeness (QED) is 0.596. The summed E-state index contributed by atoms with van der Waals surface area (Å²) < 4.78 is 10.9. The molecule has 128 valence electrons. The van der Waals surface area contributed by atoms with Gasteiger partial charge in [0.1, 0.15) is 0 Å². The molecule has 0 spiro atoms. The first-order chi connectivity index (χ1) is 11.7. The zero-order valence-corrected chi connectivity index (χ0v) is 14.4. The fourth-order valence-corrected chi connectivity index (χ4v) is 2.54. The van der Waals surface area contributed by atoms with Gasteiger partial charge in [-0.05, 0) is 36.1 Å². The van der Waals surface area contributed by atoms with Gasteiger partial charge in [-0.25, -0.2) is 0 Å². The van der Waals surface area contributed by atoms with Gasteiger partial charge >= 0.3 is 0 Å². The van der Waals surface area contributed by atoms with Crippen molar-refractivity contribution in [1.29, 1.82) is 0 Å². The molecule has 0 saturated carbocycles. The van der Waals surface area contributed by atoms with E-state index in [4.69, 9.17) is 9.47 Å². The molecule has 0 bridgehead atoms. The highest BCUT2D eigenvalue weighted by molar-refractivity contribution is 7.08. The summed E-state index contributed by atoms with van der Waals surface area (Å²) in [5.41, 5.74) is 5.61. The van der Waals surface area contributed by atoms with Crippen LogP contribution in [-0.2, 0) is 0 Å². The van der Waals surface area contributed by atoms with E-state index < -0.39 is 5.91 Å². The largest absolute Gasteiger partial charge is 0.493 e. The van der Waals surface area contributed by atoms with Crippen molar-refractivity contribution >= 4 is 23.2 Å². The molecule has 2 N–H and O–H groups in total. The predicted molar refractivity (Wildman–Crippen MR) is 92.6 cm³/mol. The first-order valence-corrected chi connectivity index (χ1v) is 8.53. The summed E-state index contributed by atoms with van der Waals surface area (Å²) in [7, 11) is 1.52. The van der Waals surface area contributed by atoms with Crippen molar-refractivity contribution in [3.05, 3.63) is 46.2 Å². The molecule has 0 aliphatic heterocycles. The molecular formula is C17H20N2O4S. The standard InChI is InChI=1S/C17H20N2O4S/c1-3-4-8-23-14-6-5-12(10-15(14)22-2)16(20)18-19-17(21)13-7-9-24-11-13/h5-7,9-11H,3-4,8H2,1-2H3,(H,18,20)(H,19,21). The number of carbonyl (C=O) groups is 2. The number of nitrogens with one attached hydrogen (secondary N) is 2. The lowest BCUT2D eigenvalue weighted by atomic mass is 10.2. The highest BCUT2D eigenvalue weighted by Gasteiger charge is 2.13. The second-order valence-electron chi connectivity index (χ2n) is 4.99. The maximum absolute atomic E-state index is 12.1. The maximum Gasteiger partial charge on any atom is 0.270 e. The summed E-state index contributed by atoms with van der Waals surface area (Å²) in [6, 6.07) is 6.56. The summed E-state index contributed by atoms with van der Waals surface area (Å²) in [6.45, 7) is 2.67.